The molecule has 0 rings (SSSR count). The van der Waals surface area contributed by atoms with Crippen LogP contribution in [-0.2, 0) is 57.6 Å². The molecule has 0 aliphatic heterocycles. The van der Waals surface area contributed by atoms with Crippen LogP contribution in [0.4, 0.5) is 0 Å². The maximum absolute atomic E-state index is 8.25. The SMILES string of the molecule is [Cr].[Ni].[O]=[Ti].[SbH3]. The van der Waals surface area contributed by atoms with Crippen LogP contribution < -0.4 is 0 Å². The molecule has 34 valence electrons. The van der Waals surface area contributed by atoms with Crippen LogP contribution in [0.5, 0.6) is 0 Å². The van der Waals surface area contributed by atoms with Gasteiger partial charge < -0.3 is 0 Å². The van der Waals surface area contributed by atoms with Crippen molar-refractivity contribution in [2.24, 2.45) is 0 Å². The van der Waals surface area contributed by atoms with E-state index in [-0.39, 0.29) is 58.3 Å². The van der Waals surface area contributed by atoms with Gasteiger partial charge in [0.15, 0.2) is 0 Å². The van der Waals surface area contributed by atoms with Gasteiger partial charge in [0.1, 0.15) is 0 Å². The van der Waals surface area contributed by atoms with E-state index in [4.69, 9.17) is 3.32 Å². The fraction of sp³-hybridized carbons (Fsp3) is 0. The van der Waals surface area contributed by atoms with Crippen molar-refractivity contribution in [1.82, 2.24) is 0 Å². The van der Waals surface area contributed by atoms with E-state index in [1.807, 2.05) is 0 Å². The van der Waals surface area contributed by atoms with Gasteiger partial charge in [0, 0.05) is 33.9 Å². The normalized spacial score (nSPS) is 0.600. The molecule has 0 amide bonds. The summed E-state index contributed by atoms with van der Waals surface area (Å²) in [5.41, 5.74) is 0. The van der Waals surface area contributed by atoms with Gasteiger partial charge in [-0.3, -0.25) is 0 Å². The van der Waals surface area contributed by atoms with Crippen molar-refractivity contribution in [3.63, 3.8) is 0 Å². The van der Waals surface area contributed by atoms with Crippen molar-refractivity contribution >= 4 is 24.4 Å². The average molecular weight is 299 g/mol. The second kappa shape index (κ2) is 32.8. The van der Waals surface area contributed by atoms with Crippen LogP contribution in [0.2, 0.25) is 0 Å². The van der Waals surface area contributed by atoms with E-state index in [9.17, 15) is 0 Å². The van der Waals surface area contributed by atoms with Crippen molar-refractivity contribution < 1.29 is 57.6 Å². The van der Waals surface area contributed by atoms with Gasteiger partial charge in [-0.05, 0) is 0 Å². The Bertz CT molecular complexity index is 11.6. The molecule has 1 nitrogen and oxygen atoms in total. The second-order valence-electron chi connectivity index (χ2n) is 0. The first-order chi connectivity index (χ1) is 1.00. The van der Waals surface area contributed by atoms with E-state index in [0.29, 0.717) is 0 Å². The fourth-order valence-electron chi connectivity index (χ4n) is 0. The molecule has 0 aliphatic rings. The Morgan fingerprint density at radius 2 is 1.20 bits per heavy atom. The monoisotopic (exact) mass is 298 g/mol. The van der Waals surface area contributed by atoms with Gasteiger partial charge in [0.25, 0.3) is 0 Å². The van der Waals surface area contributed by atoms with Crippen LogP contribution in [0.25, 0.3) is 0 Å². The molecule has 0 bridgehead atoms. The first-order valence-corrected chi connectivity index (χ1v) is 0.842. The van der Waals surface area contributed by atoms with Crippen LogP contribution in [0.1, 0.15) is 0 Å². The quantitative estimate of drug-likeness (QED) is 0.508. The minimum absolute atomic E-state index is 0. The first-order valence-electron chi connectivity index (χ1n) is 0.204. The van der Waals surface area contributed by atoms with E-state index in [1.165, 1.54) is 0 Å². The standard InChI is InChI=1S/Cr.Ni.O.Sb.Ti.3H. The summed E-state index contributed by atoms with van der Waals surface area (Å²) >= 11 is 0.750. The molecule has 0 aromatic heterocycles. The van der Waals surface area contributed by atoms with Crippen LogP contribution >= 0.6 is 0 Å². The molecule has 0 aromatic carbocycles. The predicted molar refractivity (Wildman–Crippen MR) is 10.6 cm³/mol. The fourth-order valence-corrected chi connectivity index (χ4v) is 0. The van der Waals surface area contributed by atoms with Gasteiger partial charge in [-0.2, -0.15) is 0 Å². The molecule has 0 unspecified atom stereocenters. The molecule has 5 heteroatoms. The summed E-state index contributed by atoms with van der Waals surface area (Å²) in [5, 5.41) is 0. The zero-order chi connectivity index (χ0) is 2.00. The van der Waals surface area contributed by atoms with Crippen LogP contribution in [0, 0.1) is 0 Å². The molecule has 0 N–H and O–H groups in total. The molecule has 0 atom stereocenters. The van der Waals surface area contributed by atoms with Crippen LogP contribution in [0.3, 0.4) is 0 Å². The molecule has 0 saturated carbocycles. The molecule has 0 radical (unpaired) electrons. The van der Waals surface area contributed by atoms with Gasteiger partial charge in [0.2, 0.25) is 0 Å². The third-order valence-corrected chi connectivity index (χ3v) is 0. The summed E-state index contributed by atoms with van der Waals surface area (Å²) in [6, 6.07) is 0. The summed E-state index contributed by atoms with van der Waals surface area (Å²) in [7, 11) is 0. The molecule has 0 fully saturated rings. The predicted octanol–water partition coefficient (Wildman–Crippen LogP) is -1.31. The van der Waals surface area contributed by atoms with Crippen LogP contribution in [0.15, 0.2) is 0 Å². The molecule has 0 aliphatic carbocycles. The van der Waals surface area contributed by atoms with E-state index in [1.54, 1.807) is 0 Å². The zero-order valence-corrected chi connectivity index (χ0v) is 10.2. The molecular weight excluding hydrogens is 296 g/mol. The summed E-state index contributed by atoms with van der Waals surface area (Å²) in [6.45, 7) is 0. The van der Waals surface area contributed by atoms with Crippen molar-refractivity contribution in [2.75, 3.05) is 0 Å². The summed E-state index contributed by atoms with van der Waals surface area (Å²) in [6.07, 6.45) is 0. The number of rotatable bonds is 0. The Hall–Kier alpha value is 2.36. The Kier molecular flexibility index (Phi) is 173. The van der Waals surface area contributed by atoms with Crippen molar-refractivity contribution in [1.29, 1.82) is 0 Å². The third-order valence-electron chi connectivity index (χ3n) is 0. The molecule has 0 aromatic rings. The second-order valence-corrected chi connectivity index (χ2v) is 0. The maximum atomic E-state index is 8.25. The number of hydrogen-bond acceptors (Lipinski definition) is 1. The van der Waals surface area contributed by atoms with Gasteiger partial charge in [-0.1, -0.05) is 0 Å². The molecule has 0 spiro atoms. The Morgan fingerprint density at radius 3 is 1.20 bits per heavy atom. The molecule has 5 heavy (non-hydrogen) atoms. The van der Waals surface area contributed by atoms with E-state index >= 15 is 0 Å². The van der Waals surface area contributed by atoms with E-state index in [0.717, 1.165) is 20.4 Å². The van der Waals surface area contributed by atoms with Gasteiger partial charge in [0.05, 0.1) is 0 Å². The first kappa shape index (κ1) is 26.4. The average Bonchev–Trinajstić information content (AvgIpc) is 1.00. The Morgan fingerprint density at radius 1 is 1.20 bits per heavy atom. The van der Waals surface area contributed by atoms with Gasteiger partial charge in [-0.25, -0.2) is 0 Å². The van der Waals surface area contributed by atoms with Gasteiger partial charge >= 0.3 is 48.2 Å². The van der Waals surface area contributed by atoms with Crippen molar-refractivity contribution in [2.45, 2.75) is 0 Å². The zero-order valence-electron chi connectivity index (χ0n) is 2.34. The summed E-state index contributed by atoms with van der Waals surface area (Å²) in [5.74, 6) is 0. The summed E-state index contributed by atoms with van der Waals surface area (Å²) < 4.78 is 8.25. The van der Waals surface area contributed by atoms with Gasteiger partial charge in [-0.15, -0.1) is 0 Å². The Labute approximate surface area is 80.9 Å². The van der Waals surface area contributed by atoms with Crippen LogP contribution in [-0.4, -0.2) is 24.4 Å². The molecule has 0 saturated heterocycles. The topological polar surface area (TPSA) is 17.1 Å². The van der Waals surface area contributed by atoms with Crippen molar-refractivity contribution in [3.05, 3.63) is 0 Å². The molecular formula is H3CrNiOSbTi. The van der Waals surface area contributed by atoms with Crippen molar-refractivity contribution in [3.8, 4) is 0 Å². The van der Waals surface area contributed by atoms with E-state index < -0.39 is 0 Å². The minimum atomic E-state index is 0. The van der Waals surface area contributed by atoms with E-state index in [2.05, 4.69) is 0 Å². The number of hydrogen-bond donors (Lipinski definition) is 0. The third kappa shape index (κ3) is 21.7. The summed E-state index contributed by atoms with van der Waals surface area (Å²) in [4.78, 5) is 0. The molecule has 0 heterocycles. The Balaban J connectivity index is -0.00000000167.